The molecule has 1 aliphatic carbocycles. The van der Waals surface area contributed by atoms with Crippen molar-refractivity contribution in [2.75, 3.05) is 18.5 Å². The maximum absolute atomic E-state index is 12.3. The third kappa shape index (κ3) is 4.06. The van der Waals surface area contributed by atoms with Crippen molar-refractivity contribution >= 4 is 11.6 Å². The van der Waals surface area contributed by atoms with Crippen molar-refractivity contribution in [2.45, 2.75) is 38.4 Å². The molecule has 1 saturated carbocycles. The van der Waals surface area contributed by atoms with Gasteiger partial charge in [0.25, 0.3) is 11.7 Å². The lowest BCUT2D eigenvalue weighted by Gasteiger charge is -2.21. The minimum absolute atomic E-state index is 0.190. The summed E-state index contributed by atoms with van der Waals surface area (Å²) < 4.78 is 23.1. The normalized spacial score (nSPS) is 15.7. The Morgan fingerprint density at radius 3 is 2.66 bits per heavy atom. The number of carbonyl (C=O) groups excluding carboxylic acids is 1. The van der Waals surface area contributed by atoms with Gasteiger partial charge in [0.1, 0.15) is 0 Å². The van der Waals surface area contributed by atoms with Crippen LogP contribution in [0.4, 0.5) is 5.69 Å². The minimum atomic E-state index is -0.528. The Labute approximate surface area is 169 Å². The molecule has 0 radical (unpaired) electrons. The van der Waals surface area contributed by atoms with Gasteiger partial charge in [-0.3, -0.25) is 4.79 Å². The Hall–Kier alpha value is -3.40. The van der Waals surface area contributed by atoms with Crippen molar-refractivity contribution in [1.29, 1.82) is 5.26 Å². The Morgan fingerprint density at radius 1 is 1.10 bits per heavy atom. The van der Waals surface area contributed by atoms with E-state index in [4.69, 9.17) is 24.2 Å². The van der Waals surface area contributed by atoms with Crippen LogP contribution in [0.3, 0.4) is 0 Å². The lowest BCUT2D eigenvalue weighted by molar-refractivity contribution is -0.118. The highest BCUT2D eigenvalue weighted by Crippen LogP contribution is 2.47. The fourth-order valence-corrected chi connectivity index (χ4v) is 3.59. The van der Waals surface area contributed by atoms with Crippen LogP contribution in [-0.4, -0.2) is 24.9 Å². The summed E-state index contributed by atoms with van der Waals surface area (Å²) in [6, 6.07) is 12.2. The molecule has 1 N–H and O–H groups in total. The van der Waals surface area contributed by atoms with E-state index in [-0.39, 0.29) is 12.5 Å². The summed E-state index contributed by atoms with van der Waals surface area (Å²) >= 11 is 0. The molecule has 1 aliphatic heterocycles. The van der Waals surface area contributed by atoms with Crippen LogP contribution in [0.5, 0.6) is 23.0 Å². The van der Waals surface area contributed by atoms with Gasteiger partial charge in [0.2, 0.25) is 0 Å². The van der Waals surface area contributed by atoms with E-state index in [1.807, 2.05) is 13.0 Å². The zero-order chi connectivity index (χ0) is 20.3. The van der Waals surface area contributed by atoms with E-state index in [9.17, 15) is 4.79 Å². The molecule has 150 valence electrons. The summed E-state index contributed by atoms with van der Waals surface area (Å²) in [5, 5.41) is 11.8. The van der Waals surface area contributed by atoms with Crippen molar-refractivity contribution in [3.63, 3.8) is 0 Å². The average Bonchev–Trinajstić information content (AvgIpc) is 3.32. The fraction of sp³-hybridized carbons (Fsp3) is 0.364. The number of hydrogen-bond donors (Lipinski definition) is 1. The molecule has 1 fully saturated rings. The van der Waals surface area contributed by atoms with Gasteiger partial charge in [0.05, 0.1) is 18.2 Å². The molecule has 29 heavy (non-hydrogen) atoms. The van der Waals surface area contributed by atoms with Gasteiger partial charge < -0.3 is 24.3 Å². The van der Waals surface area contributed by atoms with E-state index in [0.29, 0.717) is 40.9 Å². The summed E-state index contributed by atoms with van der Waals surface area (Å²) in [5.41, 5.74) is 1.08. The van der Waals surface area contributed by atoms with Gasteiger partial charge in [-0.2, -0.15) is 5.26 Å². The second-order valence-corrected chi connectivity index (χ2v) is 7.03. The van der Waals surface area contributed by atoms with Crippen LogP contribution in [0, 0.1) is 11.3 Å². The molecule has 4 rings (SSSR count). The average molecular weight is 394 g/mol. The molecule has 2 aromatic rings. The van der Waals surface area contributed by atoms with Crippen LogP contribution in [0.2, 0.25) is 0 Å². The third-order valence-electron chi connectivity index (χ3n) is 4.92. The first-order valence-electron chi connectivity index (χ1n) is 9.72. The number of ether oxygens (including phenoxy) is 4. The van der Waals surface area contributed by atoms with Gasteiger partial charge in [-0.25, -0.2) is 0 Å². The first kappa shape index (κ1) is 18.9. The van der Waals surface area contributed by atoms with Crippen molar-refractivity contribution in [2.24, 2.45) is 0 Å². The third-order valence-corrected chi connectivity index (χ3v) is 4.92. The Kier molecular flexibility index (Phi) is 5.17. The largest absolute Gasteiger partial charge is 0.490 e. The first-order chi connectivity index (χ1) is 14.1. The molecule has 1 amide bonds. The Bertz CT molecular complexity index is 960. The first-order valence-corrected chi connectivity index (χ1v) is 9.72. The SMILES string of the molecule is CCOc1cc(C#N)ccc1OCC(=O)Nc1ccc2c(c1)OC1(CCCC1)O2. The van der Waals surface area contributed by atoms with Gasteiger partial charge in [-0.05, 0) is 44.0 Å². The topological polar surface area (TPSA) is 89.8 Å². The van der Waals surface area contributed by atoms with Gasteiger partial charge in [0.15, 0.2) is 29.6 Å². The van der Waals surface area contributed by atoms with Gasteiger partial charge in [0, 0.05) is 30.7 Å². The number of anilines is 1. The monoisotopic (exact) mass is 394 g/mol. The zero-order valence-electron chi connectivity index (χ0n) is 16.2. The van der Waals surface area contributed by atoms with E-state index >= 15 is 0 Å². The van der Waals surface area contributed by atoms with Crippen LogP contribution < -0.4 is 24.3 Å². The highest BCUT2D eigenvalue weighted by Gasteiger charge is 2.44. The molecule has 0 unspecified atom stereocenters. The van der Waals surface area contributed by atoms with Crippen LogP contribution in [0.15, 0.2) is 36.4 Å². The number of fused-ring (bicyclic) bond motifs is 1. The van der Waals surface area contributed by atoms with Crippen LogP contribution >= 0.6 is 0 Å². The highest BCUT2D eigenvalue weighted by molar-refractivity contribution is 5.92. The van der Waals surface area contributed by atoms with Gasteiger partial charge in [-0.1, -0.05) is 0 Å². The summed E-state index contributed by atoms with van der Waals surface area (Å²) in [7, 11) is 0. The molecule has 1 heterocycles. The van der Waals surface area contributed by atoms with E-state index < -0.39 is 5.79 Å². The molecule has 0 saturated heterocycles. The molecule has 0 aromatic heterocycles. The number of carbonyl (C=O) groups is 1. The predicted molar refractivity (Wildman–Crippen MR) is 105 cm³/mol. The number of hydrogen-bond acceptors (Lipinski definition) is 6. The lowest BCUT2D eigenvalue weighted by Crippen LogP contribution is -2.34. The van der Waals surface area contributed by atoms with E-state index in [1.165, 1.54) is 0 Å². The van der Waals surface area contributed by atoms with E-state index in [0.717, 1.165) is 25.7 Å². The molecule has 1 spiro atoms. The number of nitriles is 1. The number of nitrogens with zero attached hydrogens (tertiary/aromatic N) is 1. The summed E-state index contributed by atoms with van der Waals surface area (Å²) in [4.78, 5) is 12.3. The standard InChI is InChI=1S/C22H22N2O5/c1-2-26-19-11-15(13-23)5-7-17(19)27-14-21(25)24-16-6-8-18-20(12-16)29-22(28-18)9-3-4-10-22/h5-8,11-12H,2-4,9-10,14H2,1H3,(H,24,25). The van der Waals surface area contributed by atoms with Gasteiger partial charge in [-0.15, -0.1) is 0 Å². The number of benzene rings is 2. The summed E-state index contributed by atoms with van der Waals surface area (Å²) in [6.45, 7) is 2.07. The summed E-state index contributed by atoms with van der Waals surface area (Å²) in [5.74, 6) is 1.36. The maximum atomic E-state index is 12.3. The van der Waals surface area contributed by atoms with Crippen molar-refractivity contribution in [3.8, 4) is 29.1 Å². The van der Waals surface area contributed by atoms with Crippen LogP contribution in [-0.2, 0) is 4.79 Å². The molecular weight excluding hydrogens is 372 g/mol. The Morgan fingerprint density at radius 2 is 1.90 bits per heavy atom. The molecule has 0 atom stereocenters. The minimum Gasteiger partial charge on any atom is -0.490 e. The fourth-order valence-electron chi connectivity index (χ4n) is 3.59. The van der Waals surface area contributed by atoms with Crippen LogP contribution in [0.25, 0.3) is 0 Å². The molecule has 2 aliphatic rings. The van der Waals surface area contributed by atoms with E-state index in [2.05, 4.69) is 11.4 Å². The quantitative estimate of drug-likeness (QED) is 0.796. The predicted octanol–water partition coefficient (Wildman–Crippen LogP) is 4.02. The number of rotatable bonds is 6. The van der Waals surface area contributed by atoms with Crippen molar-refractivity contribution in [1.82, 2.24) is 0 Å². The summed E-state index contributed by atoms with van der Waals surface area (Å²) in [6.07, 6.45) is 3.94. The second kappa shape index (κ2) is 7.92. The molecule has 2 aromatic carbocycles. The number of amides is 1. The smallest absolute Gasteiger partial charge is 0.262 e. The number of nitrogens with one attached hydrogen (secondary N) is 1. The second-order valence-electron chi connectivity index (χ2n) is 7.03. The molecule has 7 heteroatoms. The Balaban J connectivity index is 1.37. The zero-order valence-corrected chi connectivity index (χ0v) is 16.2. The van der Waals surface area contributed by atoms with Crippen LogP contribution in [0.1, 0.15) is 38.2 Å². The van der Waals surface area contributed by atoms with E-state index in [1.54, 1.807) is 30.3 Å². The van der Waals surface area contributed by atoms with Crippen molar-refractivity contribution in [3.05, 3.63) is 42.0 Å². The lowest BCUT2D eigenvalue weighted by atomic mass is 10.2. The molecule has 0 bridgehead atoms. The highest BCUT2D eigenvalue weighted by atomic mass is 16.7. The van der Waals surface area contributed by atoms with Crippen molar-refractivity contribution < 1.29 is 23.7 Å². The maximum Gasteiger partial charge on any atom is 0.262 e. The molecular formula is C22H22N2O5. The van der Waals surface area contributed by atoms with Gasteiger partial charge >= 0.3 is 0 Å². The molecule has 7 nitrogen and oxygen atoms in total.